The monoisotopic (exact) mass is 334 g/mol. The third kappa shape index (κ3) is 3.27. The second-order valence-corrected chi connectivity index (χ2v) is 8.26. The summed E-state index contributed by atoms with van der Waals surface area (Å²) in [6.07, 6.45) is 2.44. The lowest BCUT2D eigenvalue weighted by Gasteiger charge is -2.13. The van der Waals surface area contributed by atoms with Crippen molar-refractivity contribution in [2.75, 3.05) is 17.2 Å². The molecule has 0 aliphatic rings. The predicted octanol–water partition coefficient (Wildman–Crippen LogP) is 1.79. The van der Waals surface area contributed by atoms with E-state index in [-0.39, 0.29) is 16.9 Å². The number of sulfonamides is 1. The van der Waals surface area contributed by atoms with E-state index in [1.54, 1.807) is 23.3 Å². The van der Waals surface area contributed by atoms with Crippen LogP contribution in [-0.4, -0.2) is 35.4 Å². The molecule has 0 aliphatic carbocycles. The molecular weight excluding hydrogens is 316 g/mol. The summed E-state index contributed by atoms with van der Waals surface area (Å²) < 4.78 is 29.0. The topological polar surface area (TPSA) is 89.5 Å². The summed E-state index contributed by atoms with van der Waals surface area (Å²) in [7, 11) is -3.66. The lowest BCUT2D eigenvalue weighted by molar-refractivity contribution is 0.553. The minimum absolute atomic E-state index is 0.0312. The average Bonchev–Trinajstić information content (AvgIpc) is 2.87. The Labute approximate surface area is 126 Å². The van der Waals surface area contributed by atoms with Crippen LogP contribution in [0.3, 0.4) is 0 Å². The maximum atomic E-state index is 12.4. The number of thioether (sulfide) groups is 1. The van der Waals surface area contributed by atoms with Crippen molar-refractivity contribution in [2.45, 2.75) is 31.3 Å². The minimum atomic E-state index is -3.66. The molecule has 6 nitrogen and oxygen atoms in total. The fourth-order valence-electron chi connectivity index (χ4n) is 1.83. The number of rotatable bonds is 7. The number of hydrogen-bond acceptors (Lipinski definition) is 6. The van der Waals surface area contributed by atoms with Crippen molar-refractivity contribution in [2.24, 2.45) is 0 Å². The van der Waals surface area contributed by atoms with Crippen LogP contribution in [0.5, 0.6) is 0 Å². The van der Waals surface area contributed by atoms with Crippen molar-refractivity contribution in [1.29, 1.82) is 0 Å². The van der Waals surface area contributed by atoms with Gasteiger partial charge in [0.25, 0.3) is 10.0 Å². The van der Waals surface area contributed by atoms with Crippen LogP contribution >= 0.6 is 23.1 Å². The molecule has 0 bridgehead atoms. The summed E-state index contributed by atoms with van der Waals surface area (Å²) >= 11 is 3.14. The second kappa shape index (κ2) is 6.33. The van der Waals surface area contributed by atoms with Crippen molar-refractivity contribution in [3.8, 4) is 0 Å². The molecular formula is C11H18N4O2S3. The second-order valence-electron chi connectivity index (χ2n) is 4.37. The van der Waals surface area contributed by atoms with Crippen LogP contribution in [0.4, 0.5) is 5.82 Å². The average molecular weight is 334 g/mol. The number of anilines is 1. The Kier molecular flexibility index (Phi) is 4.95. The van der Waals surface area contributed by atoms with E-state index in [1.807, 2.05) is 6.92 Å². The highest BCUT2D eigenvalue weighted by Crippen LogP contribution is 2.23. The zero-order valence-corrected chi connectivity index (χ0v) is 13.8. The molecule has 2 heterocycles. The van der Waals surface area contributed by atoms with Gasteiger partial charge >= 0.3 is 0 Å². The molecule has 0 saturated carbocycles. The molecule has 2 aromatic heterocycles. The van der Waals surface area contributed by atoms with Gasteiger partial charge in [0.05, 0.1) is 0 Å². The maximum Gasteiger partial charge on any atom is 0.260 e. The van der Waals surface area contributed by atoms with Gasteiger partial charge < -0.3 is 5.73 Å². The first-order chi connectivity index (χ1) is 9.45. The summed E-state index contributed by atoms with van der Waals surface area (Å²) in [5.41, 5.74) is 5.73. The van der Waals surface area contributed by atoms with E-state index in [9.17, 15) is 8.42 Å². The van der Waals surface area contributed by atoms with Crippen molar-refractivity contribution in [1.82, 2.24) is 14.1 Å². The molecule has 0 aromatic carbocycles. The highest BCUT2D eigenvalue weighted by molar-refractivity contribution is 7.99. The normalized spacial score (nSPS) is 13.9. The Bertz CT molecular complexity index is 677. The standard InChI is InChI=1S/C11H18N4O2S3/c1-3-18-6-4-8(2)14-20(16,17)10-9(12)13-11-15(10)5-7-19-11/h5,7-8,14H,3-4,6,12H2,1-2H3. The Morgan fingerprint density at radius 3 is 3.05 bits per heavy atom. The van der Waals surface area contributed by atoms with Crippen molar-refractivity contribution < 1.29 is 8.42 Å². The zero-order chi connectivity index (χ0) is 14.8. The van der Waals surface area contributed by atoms with Gasteiger partial charge in [-0.3, -0.25) is 4.40 Å². The van der Waals surface area contributed by atoms with Gasteiger partial charge in [0, 0.05) is 17.6 Å². The number of nitrogens with zero attached hydrogens (tertiary/aromatic N) is 2. The van der Waals surface area contributed by atoms with Gasteiger partial charge in [-0.25, -0.2) is 18.1 Å². The van der Waals surface area contributed by atoms with Gasteiger partial charge in [0.1, 0.15) is 0 Å². The Balaban J connectivity index is 2.18. The van der Waals surface area contributed by atoms with Gasteiger partial charge in [-0.05, 0) is 24.9 Å². The van der Waals surface area contributed by atoms with Crippen LogP contribution in [0.2, 0.25) is 0 Å². The number of aromatic nitrogens is 2. The molecule has 3 N–H and O–H groups in total. The van der Waals surface area contributed by atoms with E-state index in [2.05, 4.69) is 16.6 Å². The summed E-state index contributed by atoms with van der Waals surface area (Å²) in [5, 5.41) is 1.81. The number of nitrogens with one attached hydrogen (secondary N) is 1. The third-order valence-electron chi connectivity index (χ3n) is 2.75. The summed E-state index contributed by atoms with van der Waals surface area (Å²) in [6, 6.07) is -0.136. The highest BCUT2D eigenvalue weighted by Gasteiger charge is 2.25. The van der Waals surface area contributed by atoms with Gasteiger partial charge in [0.15, 0.2) is 15.8 Å². The lowest BCUT2D eigenvalue weighted by atomic mass is 10.3. The number of nitrogens with two attached hydrogens (primary N) is 1. The third-order valence-corrected chi connectivity index (χ3v) is 6.07. The molecule has 1 unspecified atom stereocenters. The lowest BCUT2D eigenvalue weighted by Crippen LogP contribution is -2.34. The number of nitrogen functional groups attached to an aromatic ring is 1. The van der Waals surface area contributed by atoms with Crippen LogP contribution in [0, 0.1) is 0 Å². The SMILES string of the molecule is CCSCCC(C)NS(=O)(=O)c1c(N)nc2sccn12. The molecule has 0 fully saturated rings. The van der Waals surface area contributed by atoms with Crippen LogP contribution in [0.25, 0.3) is 4.96 Å². The Morgan fingerprint density at radius 2 is 2.35 bits per heavy atom. The van der Waals surface area contributed by atoms with Crippen LogP contribution in [-0.2, 0) is 10.0 Å². The predicted molar refractivity (Wildman–Crippen MR) is 84.9 cm³/mol. The summed E-state index contributed by atoms with van der Waals surface area (Å²) in [5.74, 6) is 2.00. The minimum Gasteiger partial charge on any atom is -0.381 e. The van der Waals surface area contributed by atoms with Gasteiger partial charge in [-0.2, -0.15) is 11.8 Å². The molecule has 0 spiro atoms. The van der Waals surface area contributed by atoms with Crippen LogP contribution in [0.15, 0.2) is 16.6 Å². The van der Waals surface area contributed by atoms with E-state index in [1.165, 1.54) is 15.7 Å². The fraction of sp³-hybridized carbons (Fsp3) is 0.545. The molecule has 20 heavy (non-hydrogen) atoms. The zero-order valence-electron chi connectivity index (χ0n) is 11.4. The fourth-order valence-corrected chi connectivity index (χ4v) is 4.91. The first-order valence-electron chi connectivity index (χ1n) is 6.26. The molecule has 0 aliphatic heterocycles. The van der Waals surface area contributed by atoms with Crippen molar-refractivity contribution >= 4 is 43.9 Å². The van der Waals surface area contributed by atoms with Gasteiger partial charge in [0.2, 0.25) is 0 Å². The Morgan fingerprint density at radius 1 is 1.60 bits per heavy atom. The largest absolute Gasteiger partial charge is 0.381 e. The molecule has 9 heteroatoms. The molecule has 2 aromatic rings. The molecule has 0 radical (unpaired) electrons. The van der Waals surface area contributed by atoms with Crippen LogP contribution < -0.4 is 10.5 Å². The highest BCUT2D eigenvalue weighted by atomic mass is 32.2. The van der Waals surface area contributed by atoms with E-state index < -0.39 is 10.0 Å². The summed E-state index contributed by atoms with van der Waals surface area (Å²) in [6.45, 7) is 3.94. The van der Waals surface area contributed by atoms with Gasteiger partial charge in [-0.1, -0.05) is 6.92 Å². The number of hydrogen-bond donors (Lipinski definition) is 2. The molecule has 112 valence electrons. The van der Waals surface area contributed by atoms with Gasteiger partial charge in [-0.15, -0.1) is 11.3 Å². The van der Waals surface area contributed by atoms with Crippen molar-refractivity contribution in [3.63, 3.8) is 0 Å². The molecule has 1 atom stereocenters. The first kappa shape index (κ1) is 15.6. The van der Waals surface area contributed by atoms with Crippen LogP contribution in [0.1, 0.15) is 20.3 Å². The molecule has 0 amide bonds. The Hall–Kier alpha value is -0.770. The first-order valence-corrected chi connectivity index (χ1v) is 9.78. The molecule has 0 saturated heterocycles. The van der Waals surface area contributed by atoms with E-state index in [0.717, 1.165) is 17.9 Å². The summed E-state index contributed by atoms with van der Waals surface area (Å²) in [4.78, 5) is 4.64. The smallest absolute Gasteiger partial charge is 0.260 e. The quantitative estimate of drug-likeness (QED) is 0.754. The van der Waals surface area contributed by atoms with E-state index in [4.69, 9.17) is 5.73 Å². The number of thiazole rings is 1. The molecule has 2 rings (SSSR count). The van der Waals surface area contributed by atoms with Crippen molar-refractivity contribution in [3.05, 3.63) is 11.6 Å². The van der Waals surface area contributed by atoms with E-state index in [0.29, 0.717) is 4.96 Å². The number of fused-ring (bicyclic) bond motifs is 1. The number of imidazole rings is 1. The maximum absolute atomic E-state index is 12.4. The van der Waals surface area contributed by atoms with E-state index >= 15 is 0 Å².